The standard InChI is InChI=1S/C27H30F5N7O2/c1-15-19(12-33-14-34-15)25(41)38-24(17-4-7-26(28,29)8-5-17)20-13-39-21(36-20)10-18(11-35-39)23(16-2-3-16)37-22(40)6-9-27(30,31)32/h10-14,16-17,23-24H,2-9H2,1H3,(H,37,40)(H,38,41)/t23-,24+/m1/s1. The van der Waals surface area contributed by atoms with Gasteiger partial charge in [0.05, 0.1) is 47.8 Å². The Hall–Kier alpha value is -3.71. The van der Waals surface area contributed by atoms with Gasteiger partial charge >= 0.3 is 6.18 Å². The number of carbonyl (C=O) groups excluding carboxylic acids is 2. The Kier molecular flexibility index (Phi) is 7.93. The summed E-state index contributed by atoms with van der Waals surface area (Å²) in [6, 6.07) is 0.502. The first-order valence-corrected chi connectivity index (χ1v) is 13.6. The molecular weight excluding hydrogens is 549 g/mol. The van der Waals surface area contributed by atoms with Crippen LogP contribution in [0, 0.1) is 18.8 Å². The van der Waals surface area contributed by atoms with Crippen LogP contribution >= 0.6 is 0 Å². The van der Waals surface area contributed by atoms with E-state index in [-0.39, 0.29) is 43.1 Å². The van der Waals surface area contributed by atoms with Crippen molar-refractivity contribution < 1.29 is 31.5 Å². The van der Waals surface area contributed by atoms with Gasteiger partial charge in [-0.25, -0.2) is 28.2 Å². The van der Waals surface area contributed by atoms with Gasteiger partial charge in [0.1, 0.15) is 6.33 Å². The van der Waals surface area contributed by atoms with E-state index in [9.17, 15) is 31.5 Å². The first kappa shape index (κ1) is 28.8. The molecule has 2 amide bonds. The lowest BCUT2D eigenvalue weighted by Crippen LogP contribution is -2.37. The molecule has 3 aromatic rings. The van der Waals surface area contributed by atoms with E-state index in [0.717, 1.165) is 12.8 Å². The molecule has 3 heterocycles. The molecule has 0 aromatic carbocycles. The number of halogens is 5. The topological polar surface area (TPSA) is 114 Å². The molecule has 0 saturated heterocycles. The van der Waals surface area contributed by atoms with Crippen LogP contribution in [-0.4, -0.2) is 48.5 Å². The molecule has 14 heteroatoms. The SMILES string of the molecule is Cc1ncncc1C(=O)N[C@H](c1cn2ncc([C@H](NC(=O)CCC(F)(F)F)C3CC3)cc2n1)C1CCC(F)(F)CC1. The van der Waals surface area contributed by atoms with Gasteiger partial charge in [-0.2, -0.15) is 18.3 Å². The van der Waals surface area contributed by atoms with Crippen LogP contribution in [0.3, 0.4) is 0 Å². The van der Waals surface area contributed by atoms with Crippen molar-refractivity contribution in [3.05, 3.63) is 53.5 Å². The van der Waals surface area contributed by atoms with Gasteiger partial charge in [0.15, 0.2) is 5.65 Å². The first-order chi connectivity index (χ1) is 19.4. The number of aryl methyl sites for hydroxylation is 1. The molecule has 2 aliphatic rings. The third kappa shape index (κ3) is 7.14. The summed E-state index contributed by atoms with van der Waals surface area (Å²) in [4.78, 5) is 38.1. The second-order valence-corrected chi connectivity index (χ2v) is 10.9. The highest BCUT2D eigenvalue weighted by molar-refractivity contribution is 5.95. The molecule has 3 aromatic heterocycles. The number of alkyl halides is 5. The molecule has 41 heavy (non-hydrogen) atoms. The van der Waals surface area contributed by atoms with Crippen molar-refractivity contribution in [2.24, 2.45) is 11.8 Å². The molecule has 2 fully saturated rings. The van der Waals surface area contributed by atoms with E-state index in [2.05, 4.69) is 30.7 Å². The largest absolute Gasteiger partial charge is 0.389 e. The lowest BCUT2D eigenvalue weighted by atomic mass is 9.81. The smallest absolute Gasteiger partial charge is 0.349 e. The maximum atomic E-state index is 14.0. The molecule has 0 radical (unpaired) electrons. The van der Waals surface area contributed by atoms with Crippen LogP contribution < -0.4 is 10.6 Å². The van der Waals surface area contributed by atoms with Crippen LogP contribution in [0.15, 0.2) is 31.0 Å². The fraction of sp³-hybridized carbons (Fsp3) is 0.556. The van der Waals surface area contributed by atoms with Gasteiger partial charge in [0, 0.05) is 25.5 Å². The molecule has 2 aliphatic carbocycles. The highest BCUT2D eigenvalue weighted by Crippen LogP contribution is 2.43. The summed E-state index contributed by atoms with van der Waals surface area (Å²) >= 11 is 0. The molecule has 0 unspecified atom stereocenters. The predicted molar refractivity (Wildman–Crippen MR) is 136 cm³/mol. The van der Waals surface area contributed by atoms with Gasteiger partial charge < -0.3 is 10.6 Å². The number of rotatable bonds is 9. The lowest BCUT2D eigenvalue weighted by molar-refractivity contribution is -0.144. The summed E-state index contributed by atoms with van der Waals surface area (Å²) < 4.78 is 67.2. The second kappa shape index (κ2) is 11.3. The van der Waals surface area contributed by atoms with E-state index < -0.39 is 48.8 Å². The Morgan fingerprint density at radius 1 is 1.07 bits per heavy atom. The second-order valence-electron chi connectivity index (χ2n) is 10.9. The summed E-state index contributed by atoms with van der Waals surface area (Å²) in [5, 5.41) is 10.1. The van der Waals surface area contributed by atoms with Gasteiger partial charge in [-0.1, -0.05) is 0 Å². The monoisotopic (exact) mass is 579 g/mol. The van der Waals surface area contributed by atoms with E-state index in [1.165, 1.54) is 23.2 Å². The number of nitrogens with zero attached hydrogens (tertiary/aromatic N) is 5. The molecule has 2 saturated carbocycles. The molecule has 0 aliphatic heterocycles. The zero-order chi connectivity index (χ0) is 29.4. The maximum absolute atomic E-state index is 14.0. The molecule has 2 N–H and O–H groups in total. The summed E-state index contributed by atoms with van der Waals surface area (Å²) in [5.41, 5.74) is 2.16. The third-order valence-corrected chi connectivity index (χ3v) is 7.76. The van der Waals surface area contributed by atoms with Crippen LogP contribution in [0.1, 0.15) is 90.8 Å². The predicted octanol–water partition coefficient (Wildman–Crippen LogP) is 5.03. The van der Waals surface area contributed by atoms with E-state index in [4.69, 9.17) is 0 Å². The molecule has 2 atom stereocenters. The van der Waals surface area contributed by atoms with Gasteiger partial charge in [0.2, 0.25) is 11.8 Å². The Bertz CT molecular complexity index is 1410. The maximum Gasteiger partial charge on any atom is 0.389 e. The number of hydrogen-bond acceptors (Lipinski definition) is 6. The first-order valence-electron chi connectivity index (χ1n) is 13.6. The molecule has 0 bridgehead atoms. The van der Waals surface area contributed by atoms with Crippen LogP contribution in [0.2, 0.25) is 0 Å². The zero-order valence-corrected chi connectivity index (χ0v) is 22.3. The summed E-state index contributed by atoms with van der Waals surface area (Å²) in [6.45, 7) is 1.67. The number of carbonyl (C=O) groups is 2. The highest BCUT2D eigenvalue weighted by Gasteiger charge is 2.40. The Morgan fingerprint density at radius 2 is 1.78 bits per heavy atom. The Labute approximate surface area is 232 Å². The van der Waals surface area contributed by atoms with Gasteiger partial charge in [-0.3, -0.25) is 9.59 Å². The molecule has 5 rings (SSSR count). The fourth-order valence-corrected chi connectivity index (χ4v) is 5.30. The average molecular weight is 580 g/mol. The van der Waals surface area contributed by atoms with Crippen molar-refractivity contribution in [2.75, 3.05) is 0 Å². The van der Waals surface area contributed by atoms with Gasteiger partial charge in [0.25, 0.3) is 5.91 Å². The summed E-state index contributed by atoms with van der Waals surface area (Å²) in [7, 11) is 0. The number of hydrogen-bond donors (Lipinski definition) is 2. The van der Waals surface area contributed by atoms with Crippen LogP contribution in [0.4, 0.5) is 22.0 Å². The van der Waals surface area contributed by atoms with E-state index in [1.54, 1.807) is 19.2 Å². The molecule has 9 nitrogen and oxygen atoms in total. The average Bonchev–Trinajstić information content (AvgIpc) is 3.67. The number of imidazole rings is 1. The number of amides is 2. The quantitative estimate of drug-likeness (QED) is 0.344. The van der Waals surface area contributed by atoms with Crippen LogP contribution in [0.25, 0.3) is 5.65 Å². The van der Waals surface area contributed by atoms with Crippen molar-refractivity contribution >= 4 is 17.5 Å². The minimum absolute atomic E-state index is 0.0794. The minimum Gasteiger partial charge on any atom is -0.349 e. The summed E-state index contributed by atoms with van der Waals surface area (Å²) in [6.07, 6.45) is 0.982. The third-order valence-electron chi connectivity index (χ3n) is 7.76. The van der Waals surface area contributed by atoms with Crippen molar-refractivity contribution in [3.63, 3.8) is 0 Å². The lowest BCUT2D eigenvalue weighted by Gasteiger charge is -2.33. The molecule has 220 valence electrons. The van der Waals surface area contributed by atoms with Crippen LogP contribution in [-0.2, 0) is 4.79 Å². The summed E-state index contributed by atoms with van der Waals surface area (Å²) in [5.74, 6) is -4.13. The highest BCUT2D eigenvalue weighted by atomic mass is 19.4. The van der Waals surface area contributed by atoms with Gasteiger partial charge in [-0.05, 0) is 56.1 Å². The van der Waals surface area contributed by atoms with Crippen molar-refractivity contribution in [3.8, 4) is 0 Å². The Morgan fingerprint density at radius 3 is 2.44 bits per heavy atom. The van der Waals surface area contributed by atoms with Crippen LogP contribution in [0.5, 0.6) is 0 Å². The molecule has 0 spiro atoms. The number of nitrogens with one attached hydrogen (secondary N) is 2. The van der Waals surface area contributed by atoms with E-state index in [0.29, 0.717) is 22.6 Å². The zero-order valence-electron chi connectivity index (χ0n) is 22.3. The molecular formula is C27H30F5N7O2. The van der Waals surface area contributed by atoms with E-state index >= 15 is 0 Å². The Balaban J connectivity index is 1.40. The fourth-order valence-electron chi connectivity index (χ4n) is 5.30. The number of fused-ring (bicyclic) bond motifs is 1. The normalized spacial score (nSPS) is 19.1. The van der Waals surface area contributed by atoms with Crippen molar-refractivity contribution in [1.29, 1.82) is 0 Å². The van der Waals surface area contributed by atoms with Gasteiger partial charge in [-0.15, -0.1) is 0 Å². The van der Waals surface area contributed by atoms with Crippen molar-refractivity contribution in [2.45, 2.75) is 82.5 Å². The minimum atomic E-state index is -4.43. The number of aromatic nitrogens is 5. The van der Waals surface area contributed by atoms with Crippen molar-refractivity contribution in [1.82, 2.24) is 35.2 Å². The van der Waals surface area contributed by atoms with E-state index in [1.807, 2.05) is 0 Å².